The van der Waals surface area contributed by atoms with Gasteiger partial charge in [0.05, 0.1) is 12.6 Å². The number of carbonyl (C=O) groups is 1. The Morgan fingerprint density at radius 3 is 2.38 bits per heavy atom. The van der Waals surface area contributed by atoms with Crippen LogP contribution in [0.3, 0.4) is 0 Å². The molecule has 1 aliphatic heterocycles. The molecule has 0 aliphatic carbocycles. The van der Waals surface area contributed by atoms with Crippen molar-refractivity contribution in [2.24, 2.45) is 20.0 Å². The van der Waals surface area contributed by atoms with Gasteiger partial charge in [0.25, 0.3) is 5.56 Å². The number of nitrogens with zero attached hydrogens (tertiary/aromatic N) is 5. The molecule has 2 aromatic heterocycles. The first-order valence-corrected chi connectivity index (χ1v) is 9.12. The Labute approximate surface area is 152 Å². The molecule has 0 spiro atoms. The van der Waals surface area contributed by atoms with E-state index in [-0.39, 0.29) is 5.78 Å². The Hall–Kier alpha value is -2.22. The van der Waals surface area contributed by atoms with Gasteiger partial charge in [-0.3, -0.25) is 23.6 Å². The highest BCUT2D eigenvalue weighted by atomic mass is 16.2. The fourth-order valence-corrected chi connectivity index (χ4v) is 3.59. The molecule has 1 aliphatic rings. The number of carbonyl (C=O) groups excluding carboxylic acids is 1. The van der Waals surface area contributed by atoms with Gasteiger partial charge in [-0.2, -0.15) is 0 Å². The molecule has 1 atom stereocenters. The Kier molecular flexibility index (Phi) is 4.88. The maximum absolute atomic E-state index is 12.8. The summed E-state index contributed by atoms with van der Waals surface area (Å²) in [5.74, 6) is 1.33. The van der Waals surface area contributed by atoms with Crippen molar-refractivity contribution >= 4 is 16.9 Å². The second kappa shape index (κ2) is 6.83. The third-order valence-corrected chi connectivity index (χ3v) is 5.58. The second-order valence-corrected chi connectivity index (χ2v) is 7.52. The normalized spacial score (nSPS) is 17.7. The van der Waals surface area contributed by atoms with Gasteiger partial charge in [0.1, 0.15) is 5.82 Å². The number of hydrogen-bond acceptors (Lipinski definition) is 5. The molecule has 0 amide bonds. The van der Waals surface area contributed by atoms with Crippen molar-refractivity contribution in [1.29, 1.82) is 0 Å². The van der Waals surface area contributed by atoms with Crippen LogP contribution in [0.25, 0.3) is 11.2 Å². The van der Waals surface area contributed by atoms with Crippen LogP contribution in [0.1, 0.15) is 45.5 Å². The number of rotatable bonds is 4. The topological polar surface area (TPSA) is 82.1 Å². The van der Waals surface area contributed by atoms with Crippen molar-refractivity contribution in [2.45, 2.75) is 46.2 Å². The van der Waals surface area contributed by atoms with Crippen molar-refractivity contribution in [2.75, 3.05) is 13.1 Å². The second-order valence-electron chi connectivity index (χ2n) is 7.52. The zero-order valence-electron chi connectivity index (χ0n) is 16.2. The highest BCUT2D eigenvalue weighted by Crippen LogP contribution is 2.22. The number of aryl methyl sites for hydroxylation is 1. The van der Waals surface area contributed by atoms with Crippen LogP contribution in [-0.2, 0) is 25.4 Å². The number of Topliss-reactive ketones (excluding diaryl/α,β-unsaturated/α-hetero) is 1. The van der Waals surface area contributed by atoms with Crippen LogP contribution in [0.15, 0.2) is 9.59 Å². The molecule has 0 bridgehead atoms. The molecule has 8 heteroatoms. The average Bonchev–Trinajstić information content (AvgIpc) is 2.98. The molecule has 0 unspecified atom stereocenters. The number of aromatic nitrogens is 4. The first-order chi connectivity index (χ1) is 12.2. The summed E-state index contributed by atoms with van der Waals surface area (Å²) >= 11 is 0. The zero-order valence-corrected chi connectivity index (χ0v) is 16.2. The molecule has 0 aromatic carbocycles. The number of ketones is 1. The Morgan fingerprint density at radius 2 is 1.81 bits per heavy atom. The van der Waals surface area contributed by atoms with Crippen LogP contribution in [0.4, 0.5) is 0 Å². The molecule has 3 heterocycles. The number of hydrogen-bond donors (Lipinski definition) is 0. The number of fused-ring (bicyclic) bond motifs is 1. The maximum Gasteiger partial charge on any atom is 0.332 e. The van der Waals surface area contributed by atoms with Crippen molar-refractivity contribution in [3.05, 3.63) is 26.7 Å². The van der Waals surface area contributed by atoms with Crippen LogP contribution in [0.5, 0.6) is 0 Å². The van der Waals surface area contributed by atoms with E-state index < -0.39 is 17.3 Å². The molecule has 8 nitrogen and oxygen atoms in total. The van der Waals surface area contributed by atoms with Gasteiger partial charge in [0, 0.05) is 14.1 Å². The third-order valence-electron chi connectivity index (χ3n) is 5.58. The first-order valence-electron chi connectivity index (χ1n) is 9.12. The molecule has 1 saturated heterocycles. The van der Waals surface area contributed by atoms with Gasteiger partial charge in [-0.15, -0.1) is 0 Å². The first kappa shape index (κ1) is 18.6. The lowest BCUT2D eigenvalue weighted by atomic mass is 9.99. The van der Waals surface area contributed by atoms with E-state index in [0.717, 1.165) is 30.5 Å². The number of piperidine rings is 1. The molecule has 142 valence electrons. The van der Waals surface area contributed by atoms with Gasteiger partial charge >= 0.3 is 5.69 Å². The van der Waals surface area contributed by atoms with Crippen LogP contribution in [-0.4, -0.2) is 42.5 Å². The molecular weight excluding hydrogens is 334 g/mol. The SMILES string of the molecule is CC(=O)[C@H](C)n1c(CN2CCC(C)CC2)nc2c1c(=O)n(C)c(=O)n2C. The van der Waals surface area contributed by atoms with Gasteiger partial charge in [0.15, 0.2) is 16.9 Å². The number of likely N-dealkylation sites (tertiary alicyclic amines) is 1. The number of imidazole rings is 1. The largest absolute Gasteiger partial charge is 0.332 e. The smallest absolute Gasteiger partial charge is 0.311 e. The summed E-state index contributed by atoms with van der Waals surface area (Å²) in [6.07, 6.45) is 2.26. The summed E-state index contributed by atoms with van der Waals surface area (Å²) in [6.45, 7) is 8.04. The van der Waals surface area contributed by atoms with E-state index in [9.17, 15) is 14.4 Å². The third kappa shape index (κ3) is 3.02. The van der Waals surface area contributed by atoms with Gasteiger partial charge < -0.3 is 4.57 Å². The minimum absolute atomic E-state index is 0.0475. The van der Waals surface area contributed by atoms with E-state index in [1.807, 2.05) is 0 Å². The van der Waals surface area contributed by atoms with E-state index in [0.29, 0.717) is 29.5 Å². The minimum atomic E-state index is -0.510. The van der Waals surface area contributed by atoms with E-state index in [2.05, 4.69) is 16.8 Å². The van der Waals surface area contributed by atoms with Crippen molar-refractivity contribution in [1.82, 2.24) is 23.6 Å². The fourth-order valence-electron chi connectivity index (χ4n) is 3.59. The van der Waals surface area contributed by atoms with E-state index in [4.69, 9.17) is 0 Å². The van der Waals surface area contributed by atoms with Crippen LogP contribution >= 0.6 is 0 Å². The molecule has 2 aromatic rings. The summed E-state index contributed by atoms with van der Waals surface area (Å²) in [4.78, 5) is 44.0. The van der Waals surface area contributed by atoms with Crippen molar-refractivity contribution < 1.29 is 4.79 Å². The molecular formula is C18H27N5O3. The van der Waals surface area contributed by atoms with Crippen LogP contribution < -0.4 is 11.2 Å². The highest BCUT2D eigenvalue weighted by Gasteiger charge is 2.26. The quantitative estimate of drug-likeness (QED) is 0.805. The van der Waals surface area contributed by atoms with Crippen LogP contribution in [0.2, 0.25) is 0 Å². The fraction of sp³-hybridized carbons (Fsp3) is 0.667. The Morgan fingerprint density at radius 1 is 1.19 bits per heavy atom. The maximum atomic E-state index is 12.8. The van der Waals surface area contributed by atoms with E-state index in [1.54, 1.807) is 18.5 Å². The Bertz CT molecular complexity index is 960. The summed E-state index contributed by atoms with van der Waals surface area (Å²) in [7, 11) is 3.05. The lowest BCUT2D eigenvalue weighted by Crippen LogP contribution is -2.38. The average molecular weight is 361 g/mol. The lowest BCUT2D eigenvalue weighted by Gasteiger charge is -2.30. The predicted octanol–water partition coefficient (Wildman–Crippen LogP) is 0.816. The van der Waals surface area contributed by atoms with E-state index in [1.165, 1.54) is 18.5 Å². The predicted molar refractivity (Wildman–Crippen MR) is 99.3 cm³/mol. The molecule has 0 saturated carbocycles. The molecule has 26 heavy (non-hydrogen) atoms. The van der Waals surface area contributed by atoms with Gasteiger partial charge in [-0.1, -0.05) is 6.92 Å². The summed E-state index contributed by atoms with van der Waals surface area (Å²) in [6, 6.07) is -0.510. The van der Waals surface area contributed by atoms with Gasteiger partial charge in [-0.05, 0) is 45.7 Å². The van der Waals surface area contributed by atoms with E-state index >= 15 is 0 Å². The summed E-state index contributed by atoms with van der Waals surface area (Å²) < 4.78 is 4.17. The standard InChI is InChI=1S/C18H27N5O3/c1-11-6-8-22(9-7-11)10-14-19-16-15(23(14)12(2)13(3)24)17(25)21(5)18(26)20(16)4/h11-12H,6-10H2,1-5H3/t12-/m0/s1. The molecule has 0 N–H and O–H groups in total. The summed E-state index contributed by atoms with van der Waals surface area (Å²) in [5, 5.41) is 0. The van der Waals surface area contributed by atoms with Gasteiger partial charge in [-0.25, -0.2) is 9.78 Å². The minimum Gasteiger partial charge on any atom is -0.311 e. The molecule has 0 radical (unpaired) electrons. The monoisotopic (exact) mass is 361 g/mol. The van der Waals surface area contributed by atoms with Crippen molar-refractivity contribution in [3.8, 4) is 0 Å². The van der Waals surface area contributed by atoms with Crippen molar-refractivity contribution in [3.63, 3.8) is 0 Å². The van der Waals surface area contributed by atoms with Gasteiger partial charge in [0.2, 0.25) is 0 Å². The zero-order chi connectivity index (χ0) is 19.2. The lowest BCUT2D eigenvalue weighted by molar-refractivity contribution is -0.119. The molecule has 3 rings (SSSR count). The Balaban J connectivity index is 2.18. The highest BCUT2D eigenvalue weighted by molar-refractivity contribution is 5.82. The van der Waals surface area contributed by atoms with Crippen LogP contribution in [0, 0.1) is 5.92 Å². The summed E-state index contributed by atoms with van der Waals surface area (Å²) in [5.41, 5.74) is -0.174. The molecule has 1 fully saturated rings.